The van der Waals surface area contributed by atoms with Gasteiger partial charge in [0.1, 0.15) is 5.75 Å². The van der Waals surface area contributed by atoms with Crippen molar-refractivity contribution in [1.29, 1.82) is 0 Å². The number of carbonyl (C=O) groups excluding carboxylic acids is 1. The minimum absolute atomic E-state index is 0. The Labute approximate surface area is 164 Å². The van der Waals surface area contributed by atoms with Crippen molar-refractivity contribution in [3.05, 3.63) is 59.7 Å². The average molecular weight is 454 g/mol. The van der Waals surface area contributed by atoms with E-state index in [2.05, 4.69) is 15.6 Å². The molecule has 1 amide bonds. The van der Waals surface area contributed by atoms with Crippen LogP contribution in [-0.4, -0.2) is 32.6 Å². The zero-order chi connectivity index (χ0) is 17.4. The summed E-state index contributed by atoms with van der Waals surface area (Å²) >= 11 is 0. The van der Waals surface area contributed by atoms with Gasteiger partial charge < -0.3 is 21.1 Å². The Hall–Kier alpha value is -2.29. The summed E-state index contributed by atoms with van der Waals surface area (Å²) in [5.41, 5.74) is 8.35. The molecule has 0 spiro atoms. The molecule has 0 saturated carbocycles. The SMILES string of the molecule is CNC(=O)c1cccc(CCN=C(N)Nc2ccccc2OC)c1.I. The van der Waals surface area contributed by atoms with Gasteiger partial charge in [-0.3, -0.25) is 9.79 Å². The summed E-state index contributed by atoms with van der Waals surface area (Å²) in [7, 11) is 3.22. The van der Waals surface area contributed by atoms with Crippen LogP contribution in [-0.2, 0) is 6.42 Å². The first-order chi connectivity index (χ1) is 11.6. The van der Waals surface area contributed by atoms with Gasteiger partial charge in [-0.1, -0.05) is 24.3 Å². The lowest BCUT2D eigenvalue weighted by Crippen LogP contribution is -2.23. The van der Waals surface area contributed by atoms with Crippen LogP contribution in [0.5, 0.6) is 5.75 Å². The van der Waals surface area contributed by atoms with Crippen LogP contribution in [0.2, 0.25) is 0 Å². The van der Waals surface area contributed by atoms with Gasteiger partial charge in [-0.2, -0.15) is 0 Å². The number of amides is 1. The van der Waals surface area contributed by atoms with Crippen molar-refractivity contribution in [3.63, 3.8) is 0 Å². The summed E-state index contributed by atoms with van der Waals surface area (Å²) in [6.45, 7) is 0.519. The molecule has 2 rings (SSSR count). The number of carbonyl (C=O) groups is 1. The molecule has 0 aromatic heterocycles. The van der Waals surface area contributed by atoms with E-state index < -0.39 is 0 Å². The Morgan fingerprint density at radius 2 is 1.96 bits per heavy atom. The summed E-state index contributed by atoms with van der Waals surface area (Å²) in [6.07, 6.45) is 0.694. The van der Waals surface area contributed by atoms with Crippen molar-refractivity contribution < 1.29 is 9.53 Å². The normalized spacial score (nSPS) is 10.6. The number of rotatable bonds is 6. The third-order valence-electron chi connectivity index (χ3n) is 3.47. The molecule has 0 bridgehead atoms. The van der Waals surface area contributed by atoms with Gasteiger partial charge in [-0.05, 0) is 36.2 Å². The van der Waals surface area contributed by atoms with Crippen LogP contribution in [0.4, 0.5) is 5.69 Å². The van der Waals surface area contributed by atoms with Crippen molar-refractivity contribution >= 4 is 41.5 Å². The molecule has 0 saturated heterocycles. The summed E-state index contributed by atoms with van der Waals surface area (Å²) in [5.74, 6) is 0.925. The summed E-state index contributed by atoms with van der Waals surface area (Å²) in [5, 5.41) is 5.64. The number of guanidine groups is 1. The maximum Gasteiger partial charge on any atom is 0.251 e. The summed E-state index contributed by atoms with van der Waals surface area (Å²) in [4.78, 5) is 15.9. The highest BCUT2D eigenvalue weighted by Gasteiger charge is 2.04. The second kappa shape index (κ2) is 10.5. The van der Waals surface area contributed by atoms with Crippen molar-refractivity contribution in [3.8, 4) is 5.75 Å². The largest absolute Gasteiger partial charge is 0.495 e. The van der Waals surface area contributed by atoms with Crippen molar-refractivity contribution in [1.82, 2.24) is 5.32 Å². The lowest BCUT2D eigenvalue weighted by atomic mass is 10.1. The van der Waals surface area contributed by atoms with E-state index >= 15 is 0 Å². The number of aliphatic imine (C=N–C) groups is 1. The van der Waals surface area contributed by atoms with Crippen molar-refractivity contribution in [2.24, 2.45) is 10.7 Å². The molecule has 2 aromatic carbocycles. The molecule has 0 unspecified atom stereocenters. The van der Waals surface area contributed by atoms with Crippen molar-refractivity contribution in [2.75, 3.05) is 26.0 Å². The smallest absolute Gasteiger partial charge is 0.251 e. The highest BCUT2D eigenvalue weighted by Crippen LogP contribution is 2.22. The van der Waals surface area contributed by atoms with Gasteiger partial charge in [0.2, 0.25) is 0 Å². The van der Waals surface area contributed by atoms with E-state index in [4.69, 9.17) is 10.5 Å². The number of para-hydroxylation sites is 2. The van der Waals surface area contributed by atoms with E-state index in [1.54, 1.807) is 20.2 Å². The zero-order valence-electron chi connectivity index (χ0n) is 14.3. The van der Waals surface area contributed by atoms with Crippen molar-refractivity contribution in [2.45, 2.75) is 6.42 Å². The molecule has 0 radical (unpaired) electrons. The third kappa shape index (κ3) is 6.26. The molecule has 25 heavy (non-hydrogen) atoms. The number of benzene rings is 2. The van der Waals surface area contributed by atoms with Gasteiger partial charge in [-0.15, -0.1) is 24.0 Å². The Balaban J connectivity index is 0.00000312. The molecule has 0 aliphatic rings. The number of hydrogen-bond donors (Lipinski definition) is 3. The van der Waals surface area contributed by atoms with Crippen LogP contribution in [0.1, 0.15) is 15.9 Å². The van der Waals surface area contributed by atoms with Crippen LogP contribution in [0.15, 0.2) is 53.5 Å². The second-order valence-corrected chi connectivity index (χ2v) is 5.12. The summed E-state index contributed by atoms with van der Waals surface area (Å²) < 4.78 is 5.26. The van der Waals surface area contributed by atoms with Gasteiger partial charge in [0.05, 0.1) is 12.8 Å². The fourth-order valence-corrected chi connectivity index (χ4v) is 2.24. The quantitative estimate of drug-likeness (QED) is 0.356. The third-order valence-corrected chi connectivity index (χ3v) is 3.47. The van der Waals surface area contributed by atoms with E-state index in [-0.39, 0.29) is 29.9 Å². The molecule has 0 atom stereocenters. The Kier molecular flexibility index (Phi) is 8.76. The molecule has 0 aliphatic carbocycles. The molecule has 2 aromatic rings. The fourth-order valence-electron chi connectivity index (χ4n) is 2.24. The number of nitrogens with zero attached hydrogens (tertiary/aromatic N) is 1. The first kappa shape index (κ1) is 20.8. The number of ether oxygens (including phenoxy) is 1. The zero-order valence-corrected chi connectivity index (χ0v) is 16.6. The maximum atomic E-state index is 11.6. The van der Waals surface area contributed by atoms with Gasteiger partial charge in [0, 0.05) is 19.2 Å². The molecule has 0 fully saturated rings. The van der Waals surface area contributed by atoms with E-state index in [1.165, 1.54) is 0 Å². The Morgan fingerprint density at radius 1 is 1.20 bits per heavy atom. The van der Waals surface area contributed by atoms with Gasteiger partial charge in [0.25, 0.3) is 5.91 Å². The Bertz CT molecular complexity index is 735. The molecule has 134 valence electrons. The van der Waals surface area contributed by atoms with E-state index in [0.717, 1.165) is 11.3 Å². The van der Waals surface area contributed by atoms with E-state index in [0.29, 0.717) is 30.2 Å². The molecule has 4 N–H and O–H groups in total. The maximum absolute atomic E-state index is 11.6. The molecular formula is C18H23IN4O2. The summed E-state index contributed by atoms with van der Waals surface area (Å²) in [6, 6.07) is 15.0. The number of hydrogen-bond acceptors (Lipinski definition) is 3. The first-order valence-corrected chi connectivity index (χ1v) is 7.65. The highest BCUT2D eigenvalue weighted by atomic mass is 127. The highest BCUT2D eigenvalue weighted by molar-refractivity contribution is 14.0. The van der Waals surface area contributed by atoms with Gasteiger partial charge in [0.15, 0.2) is 5.96 Å². The van der Waals surface area contributed by atoms with Crippen LogP contribution in [0.25, 0.3) is 0 Å². The molecule has 0 aliphatic heterocycles. The predicted molar refractivity (Wildman–Crippen MR) is 112 cm³/mol. The predicted octanol–water partition coefficient (Wildman–Crippen LogP) is 2.64. The van der Waals surface area contributed by atoms with Gasteiger partial charge in [-0.25, -0.2) is 0 Å². The van der Waals surface area contributed by atoms with Crippen LogP contribution >= 0.6 is 24.0 Å². The topological polar surface area (TPSA) is 88.7 Å². The molecule has 0 heterocycles. The number of methoxy groups -OCH3 is 1. The van der Waals surface area contributed by atoms with Crippen LogP contribution in [0, 0.1) is 0 Å². The monoisotopic (exact) mass is 454 g/mol. The first-order valence-electron chi connectivity index (χ1n) is 7.65. The minimum atomic E-state index is -0.0993. The second-order valence-electron chi connectivity index (χ2n) is 5.12. The van der Waals surface area contributed by atoms with Gasteiger partial charge >= 0.3 is 0 Å². The molecular weight excluding hydrogens is 431 g/mol. The van der Waals surface area contributed by atoms with Crippen LogP contribution < -0.4 is 21.1 Å². The standard InChI is InChI=1S/C18H22N4O2.HI/c1-20-17(23)14-7-5-6-13(12-14)10-11-21-18(19)22-15-8-3-4-9-16(15)24-2;/h3-9,12H,10-11H2,1-2H3,(H,20,23)(H3,19,21,22);1H. The molecule has 6 nitrogen and oxygen atoms in total. The lowest BCUT2D eigenvalue weighted by molar-refractivity contribution is 0.0963. The number of nitrogens with two attached hydrogens (primary N) is 1. The fraction of sp³-hybridized carbons (Fsp3) is 0.222. The number of halogens is 1. The lowest BCUT2D eigenvalue weighted by Gasteiger charge is -2.10. The van der Waals surface area contributed by atoms with E-state index in [1.807, 2.05) is 42.5 Å². The van der Waals surface area contributed by atoms with E-state index in [9.17, 15) is 4.79 Å². The van der Waals surface area contributed by atoms with Crippen LogP contribution in [0.3, 0.4) is 0 Å². The minimum Gasteiger partial charge on any atom is -0.495 e. The average Bonchev–Trinajstić information content (AvgIpc) is 2.61. The number of anilines is 1. The Morgan fingerprint density at radius 3 is 2.68 bits per heavy atom. The number of nitrogens with one attached hydrogen (secondary N) is 2. The molecule has 7 heteroatoms.